The largest absolute Gasteiger partial charge is 0.322 e. The lowest BCUT2D eigenvalue weighted by Gasteiger charge is -2.07. The maximum absolute atomic E-state index is 12.1. The van der Waals surface area contributed by atoms with Gasteiger partial charge in [0, 0.05) is 11.3 Å². The Labute approximate surface area is 123 Å². The van der Waals surface area contributed by atoms with Crippen LogP contribution in [0.3, 0.4) is 0 Å². The summed E-state index contributed by atoms with van der Waals surface area (Å²) in [6.07, 6.45) is 0.819. The van der Waals surface area contributed by atoms with Crippen molar-refractivity contribution in [2.45, 2.75) is 18.2 Å². The van der Waals surface area contributed by atoms with Crippen LogP contribution in [0.1, 0.15) is 22.8 Å². The monoisotopic (exact) mass is 305 g/mol. The topological polar surface area (TPSA) is 83.5 Å². The van der Waals surface area contributed by atoms with Crippen molar-refractivity contribution < 1.29 is 17.8 Å². The number of amides is 1. The molecule has 0 heterocycles. The van der Waals surface area contributed by atoms with Crippen LogP contribution < -0.4 is 5.32 Å². The van der Waals surface area contributed by atoms with Crippen LogP contribution >= 0.6 is 0 Å². The van der Waals surface area contributed by atoms with Gasteiger partial charge in [-0.25, -0.2) is 0 Å². The smallest absolute Gasteiger partial charge is 0.294 e. The van der Waals surface area contributed by atoms with Gasteiger partial charge in [-0.05, 0) is 42.3 Å². The Morgan fingerprint density at radius 2 is 1.86 bits per heavy atom. The molecule has 0 spiro atoms. The van der Waals surface area contributed by atoms with E-state index in [-0.39, 0.29) is 10.8 Å². The number of nitrogens with one attached hydrogen (secondary N) is 1. The number of carbonyl (C=O) groups excluding carboxylic acids is 1. The van der Waals surface area contributed by atoms with Crippen LogP contribution in [0.25, 0.3) is 0 Å². The summed E-state index contributed by atoms with van der Waals surface area (Å²) in [5.41, 5.74) is 1.83. The zero-order valence-electron chi connectivity index (χ0n) is 11.4. The molecule has 0 saturated heterocycles. The molecule has 21 heavy (non-hydrogen) atoms. The van der Waals surface area contributed by atoms with Crippen molar-refractivity contribution in [1.82, 2.24) is 0 Å². The highest BCUT2D eigenvalue weighted by Gasteiger charge is 2.11. The van der Waals surface area contributed by atoms with Gasteiger partial charge in [-0.1, -0.05) is 25.1 Å². The van der Waals surface area contributed by atoms with Crippen molar-refractivity contribution in [1.29, 1.82) is 0 Å². The van der Waals surface area contributed by atoms with Gasteiger partial charge in [0.2, 0.25) is 0 Å². The van der Waals surface area contributed by atoms with Crippen molar-refractivity contribution in [3.05, 3.63) is 59.7 Å². The van der Waals surface area contributed by atoms with E-state index in [9.17, 15) is 13.2 Å². The Hall–Kier alpha value is -2.18. The maximum atomic E-state index is 12.1. The SMILES string of the molecule is CCc1cccc(C(=O)Nc2cccc(S(=O)(=O)O)c2)c1. The molecule has 6 heteroatoms. The molecule has 1 amide bonds. The predicted octanol–water partition coefficient (Wildman–Crippen LogP) is 2.75. The van der Waals surface area contributed by atoms with E-state index in [2.05, 4.69) is 5.32 Å². The fraction of sp³-hybridized carbons (Fsp3) is 0.133. The number of rotatable bonds is 4. The summed E-state index contributed by atoms with van der Waals surface area (Å²) in [6, 6.07) is 12.6. The second-order valence-electron chi connectivity index (χ2n) is 4.51. The highest BCUT2D eigenvalue weighted by Crippen LogP contribution is 2.16. The minimum Gasteiger partial charge on any atom is -0.322 e. The van der Waals surface area contributed by atoms with Crippen LogP contribution in [0, 0.1) is 0 Å². The van der Waals surface area contributed by atoms with Gasteiger partial charge in [-0.15, -0.1) is 0 Å². The second-order valence-corrected chi connectivity index (χ2v) is 5.93. The maximum Gasteiger partial charge on any atom is 0.294 e. The van der Waals surface area contributed by atoms with E-state index in [1.54, 1.807) is 24.3 Å². The molecule has 0 fully saturated rings. The number of hydrogen-bond donors (Lipinski definition) is 2. The summed E-state index contributed by atoms with van der Waals surface area (Å²) in [5.74, 6) is -0.335. The number of carbonyl (C=O) groups is 1. The zero-order valence-corrected chi connectivity index (χ0v) is 12.2. The molecule has 0 atom stereocenters. The van der Waals surface area contributed by atoms with Gasteiger partial charge in [-0.2, -0.15) is 8.42 Å². The average Bonchev–Trinajstić information content (AvgIpc) is 2.46. The molecule has 2 N–H and O–H groups in total. The minimum atomic E-state index is -4.29. The fourth-order valence-electron chi connectivity index (χ4n) is 1.87. The summed E-state index contributed by atoms with van der Waals surface area (Å²) in [6.45, 7) is 1.99. The molecule has 2 aromatic carbocycles. The third-order valence-corrected chi connectivity index (χ3v) is 3.84. The van der Waals surface area contributed by atoms with Crippen LogP contribution in [0.2, 0.25) is 0 Å². The molecule has 0 aliphatic heterocycles. The number of hydrogen-bond acceptors (Lipinski definition) is 3. The van der Waals surface area contributed by atoms with Crippen molar-refractivity contribution >= 4 is 21.7 Å². The lowest BCUT2D eigenvalue weighted by atomic mass is 10.1. The third-order valence-electron chi connectivity index (χ3n) is 2.99. The lowest BCUT2D eigenvalue weighted by molar-refractivity contribution is 0.102. The molecule has 5 nitrogen and oxygen atoms in total. The molecule has 0 aliphatic carbocycles. The van der Waals surface area contributed by atoms with Gasteiger partial charge in [-0.3, -0.25) is 9.35 Å². The van der Waals surface area contributed by atoms with Crippen LogP contribution in [0.4, 0.5) is 5.69 Å². The van der Waals surface area contributed by atoms with E-state index in [1.165, 1.54) is 18.2 Å². The Morgan fingerprint density at radius 3 is 2.52 bits per heavy atom. The van der Waals surface area contributed by atoms with Gasteiger partial charge in [0.25, 0.3) is 16.0 Å². The third kappa shape index (κ3) is 3.90. The number of aryl methyl sites for hydroxylation is 1. The molecule has 0 saturated carbocycles. The Balaban J connectivity index is 2.23. The number of anilines is 1. The summed E-state index contributed by atoms with van der Waals surface area (Å²) >= 11 is 0. The summed E-state index contributed by atoms with van der Waals surface area (Å²) in [4.78, 5) is 11.9. The quantitative estimate of drug-likeness (QED) is 0.851. The molecule has 0 aliphatic rings. The van der Waals surface area contributed by atoms with Crippen molar-refractivity contribution in [2.75, 3.05) is 5.32 Å². The first-order valence-electron chi connectivity index (χ1n) is 6.38. The van der Waals surface area contributed by atoms with Gasteiger partial charge in [0.1, 0.15) is 0 Å². The van der Waals surface area contributed by atoms with Gasteiger partial charge >= 0.3 is 0 Å². The Kier molecular flexibility index (Phi) is 4.40. The average molecular weight is 305 g/mol. The summed E-state index contributed by atoms with van der Waals surface area (Å²) in [7, 11) is -4.29. The van der Waals surface area contributed by atoms with Gasteiger partial charge in [0.05, 0.1) is 4.90 Å². The standard InChI is InChI=1S/C15H15NO4S/c1-2-11-5-3-6-12(9-11)15(17)16-13-7-4-8-14(10-13)21(18,19)20/h3-10H,2H2,1H3,(H,16,17)(H,18,19,20). The normalized spacial score (nSPS) is 11.1. The minimum absolute atomic E-state index is 0.261. The first kappa shape index (κ1) is 15.2. The van der Waals surface area contributed by atoms with E-state index in [0.717, 1.165) is 12.0 Å². The highest BCUT2D eigenvalue weighted by atomic mass is 32.2. The van der Waals surface area contributed by atoms with Gasteiger partial charge in [0.15, 0.2) is 0 Å². The molecular formula is C15H15NO4S. The number of benzene rings is 2. The van der Waals surface area contributed by atoms with E-state index >= 15 is 0 Å². The molecule has 110 valence electrons. The van der Waals surface area contributed by atoms with E-state index < -0.39 is 10.1 Å². The van der Waals surface area contributed by atoms with Crippen LogP contribution in [0.5, 0.6) is 0 Å². The van der Waals surface area contributed by atoms with Crippen LogP contribution in [-0.2, 0) is 16.5 Å². The predicted molar refractivity (Wildman–Crippen MR) is 80.0 cm³/mol. The highest BCUT2D eigenvalue weighted by molar-refractivity contribution is 7.85. The van der Waals surface area contributed by atoms with Crippen molar-refractivity contribution in [2.24, 2.45) is 0 Å². The molecule has 0 bridgehead atoms. The zero-order chi connectivity index (χ0) is 15.5. The molecule has 0 unspecified atom stereocenters. The first-order valence-corrected chi connectivity index (χ1v) is 7.82. The molecule has 2 rings (SSSR count). The second kappa shape index (κ2) is 6.07. The lowest BCUT2D eigenvalue weighted by Crippen LogP contribution is -2.12. The molecule has 2 aromatic rings. The summed E-state index contributed by atoms with van der Waals surface area (Å²) in [5, 5.41) is 2.61. The van der Waals surface area contributed by atoms with E-state index in [0.29, 0.717) is 11.3 Å². The molecule has 0 aromatic heterocycles. The Morgan fingerprint density at radius 1 is 1.14 bits per heavy atom. The van der Waals surface area contributed by atoms with E-state index in [4.69, 9.17) is 4.55 Å². The van der Waals surface area contributed by atoms with Crippen LogP contribution in [-0.4, -0.2) is 18.9 Å². The van der Waals surface area contributed by atoms with Crippen LogP contribution in [0.15, 0.2) is 53.4 Å². The van der Waals surface area contributed by atoms with Crippen molar-refractivity contribution in [3.63, 3.8) is 0 Å². The summed E-state index contributed by atoms with van der Waals surface area (Å²) < 4.78 is 31.1. The fourth-order valence-corrected chi connectivity index (χ4v) is 2.40. The first-order chi connectivity index (χ1) is 9.90. The molecular weight excluding hydrogens is 290 g/mol. The molecule has 0 radical (unpaired) electrons. The van der Waals surface area contributed by atoms with Crippen molar-refractivity contribution in [3.8, 4) is 0 Å². The van der Waals surface area contributed by atoms with Gasteiger partial charge < -0.3 is 5.32 Å². The Bertz CT molecular complexity index is 769. The van der Waals surface area contributed by atoms with E-state index in [1.807, 2.05) is 13.0 Å².